The summed E-state index contributed by atoms with van der Waals surface area (Å²) < 4.78 is 2.14. The summed E-state index contributed by atoms with van der Waals surface area (Å²) >= 11 is 6.10. The first-order valence-electron chi connectivity index (χ1n) is 10.4. The predicted molar refractivity (Wildman–Crippen MR) is 121 cm³/mol. The maximum Gasteiger partial charge on any atom is 0.162 e. The standard InChI is InChI=1S/C24H30ClN3O2/c1-23(2,3)28-21(26-19-14-15-20(25)27-22(19)28)13-9-8-12-18(29)16-24(4,30)17-10-6-5-7-11-17/h5-7,10-11,14-15,30H,8-9,12-13,16H2,1-4H3. The zero-order valence-corrected chi connectivity index (χ0v) is 18.9. The van der Waals surface area contributed by atoms with Crippen LogP contribution in [-0.2, 0) is 22.4 Å². The minimum atomic E-state index is -1.14. The summed E-state index contributed by atoms with van der Waals surface area (Å²) in [5, 5.41) is 11.1. The van der Waals surface area contributed by atoms with Gasteiger partial charge in [0.25, 0.3) is 0 Å². The molecule has 0 spiro atoms. The number of hydrogen-bond donors (Lipinski definition) is 1. The number of aliphatic hydroxyl groups is 1. The molecule has 30 heavy (non-hydrogen) atoms. The van der Waals surface area contributed by atoms with Gasteiger partial charge in [-0.05, 0) is 58.2 Å². The zero-order valence-electron chi connectivity index (χ0n) is 18.2. The van der Waals surface area contributed by atoms with Gasteiger partial charge in [0.1, 0.15) is 22.3 Å². The van der Waals surface area contributed by atoms with Gasteiger partial charge in [-0.2, -0.15) is 0 Å². The summed E-state index contributed by atoms with van der Waals surface area (Å²) in [6, 6.07) is 13.0. The second-order valence-electron chi connectivity index (χ2n) is 9.07. The second-order valence-corrected chi connectivity index (χ2v) is 9.46. The molecule has 0 radical (unpaired) electrons. The Labute approximate surface area is 183 Å². The fourth-order valence-corrected chi connectivity index (χ4v) is 3.97. The fourth-order valence-electron chi connectivity index (χ4n) is 3.83. The number of hydrogen-bond acceptors (Lipinski definition) is 4. The van der Waals surface area contributed by atoms with Crippen molar-refractivity contribution in [3.8, 4) is 0 Å². The van der Waals surface area contributed by atoms with Crippen LogP contribution in [0.2, 0.25) is 5.15 Å². The van der Waals surface area contributed by atoms with E-state index in [1.54, 1.807) is 13.0 Å². The molecule has 0 aliphatic rings. The number of fused-ring (bicyclic) bond motifs is 1. The van der Waals surface area contributed by atoms with Gasteiger partial charge in [-0.15, -0.1) is 0 Å². The van der Waals surface area contributed by atoms with Crippen molar-refractivity contribution in [3.63, 3.8) is 0 Å². The Hall–Kier alpha value is -2.24. The molecule has 6 heteroatoms. The summed E-state index contributed by atoms with van der Waals surface area (Å²) in [6.45, 7) is 8.06. The van der Waals surface area contributed by atoms with Crippen molar-refractivity contribution in [1.82, 2.24) is 14.5 Å². The van der Waals surface area contributed by atoms with Gasteiger partial charge < -0.3 is 9.67 Å². The Morgan fingerprint density at radius 3 is 2.40 bits per heavy atom. The Kier molecular flexibility index (Phi) is 6.63. The smallest absolute Gasteiger partial charge is 0.162 e. The maximum absolute atomic E-state index is 12.4. The minimum Gasteiger partial charge on any atom is -0.385 e. The van der Waals surface area contributed by atoms with Crippen LogP contribution in [-0.4, -0.2) is 25.4 Å². The van der Waals surface area contributed by atoms with E-state index >= 15 is 0 Å². The molecule has 0 amide bonds. The van der Waals surface area contributed by atoms with E-state index in [4.69, 9.17) is 16.6 Å². The number of nitrogens with zero attached hydrogens (tertiary/aromatic N) is 3. The predicted octanol–water partition coefficient (Wildman–Crippen LogP) is 5.42. The Morgan fingerprint density at radius 1 is 1.03 bits per heavy atom. The molecule has 2 aromatic heterocycles. The third kappa shape index (κ3) is 5.27. The lowest BCUT2D eigenvalue weighted by atomic mass is 9.89. The van der Waals surface area contributed by atoms with Crippen molar-refractivity contribution >= 4 is 28.5 Å². The third-order valence-electron chi connectivity index (χ3n) is 5.25. The Balaban J connectivity index is 1.60. The lowest BCUT2D eigenvalue weighted by molar-refractivity contribution is -0.123. The number of aryl methyl sites for hydroxylation is 1. The van der Waals surface area contributed by atoms with E-state index in [9.17, 15) is 9.90 Å². The van der Waals surface area contributed by atoms with Crippen LogP contribution in [0.3, 0.4) is 0 Å². The van der Waals surface area contributed by atoms with Gasteiger partial charge >= 0.3 is 0 Å². The topological polar surface area (TPSA) is 68.0 Å². The van der Waals surface area contributed by atoms with E-state index in [1.807, 2.05) is 36.4 Å². The SMILES string of the molecule is CC(O)(CC(=O)CCCCc1nc2ccc(Cl)nc2n1C(C)(C)C)c1ccccc1. The third-order valence-corrected chi connectivity index (χ3v) is 5.46. The Bertz CT molecular complexity index is 1020. The number of imidazole rings is 1. The lowest BCUT2D eigenvalue weighted by Gasteiger charge is -2.24. The van der Waals surface area contributed by atoms with Gasteiger partial charge in [-0.3, -0.25) is 4.79 Å². The average Bonchev–Trinajstić information content (AvgIpc) is 3.03. The number of unbranched alkanes of at least 4 members (excludes halogenated alkanes) is 1. The molecule has 1 unspecified atom stereocenters. The van der Waals surface area contributed by atoms with E-state index in [1.165, 1.54) is 0 Å². The largest absolute Gasteiger partial charge is 0.385 e. The molecule has 0 fully saturated rings. The van der Waals surface area contributed by atoms with Crippen LogP contribution < -0.4 is 0 Å². The van der Waals surface area contributed by atoms with Crippen LogP contribution in [0.1, 0.15) is 64.8 Å². The number of halogens is 1. The van der Waals surface area contributed by atoms with Gasteiger partial charge in [0, 0.05) is 24.8 Å². The van der Waals surface area contributed by atoms with E-state index in [0.717, 1.165) is 41.8 Å². The van der Waals surface area contributed by atoms with Gasteiger partial charge in [-0.25, -0.2) is 9.97 Å². The molecule has 0 saturated heterocycles. The van der Waals surface area contributed by atoms with Gasteiger partial charge in [0.2, 0.25) is 0 Å². The van der Waals surface area contributed by atoms with Crippen LogP contribution in [0, 0.1) is 0 Å². The van der Waals surface area contributed by atoms with Crippen LogP contribution in [0.5, 0.6) is 0 Å². The van der Waals surface area contributed by atoms with E-state index in [2.05, 4.69) is 30.3 Å². The number of benzene rings is 1. The molecule has 3 rings (SSSR count). The molecule has 0 aliphatic carbocycles. The molecule has 5 nitrogen and oxygen atoms in total. The highest BCUT2D eigenvalue weighted by atomic mass is 35.5. The number of carbonyl (C=O) groups excluding carboxylic acids is 1. The molecule has 1 aromatic carbocycles. The molecule has 160 valence electrons. The van der Waals surface area contributed by atoms with Crippen molar-refractivity contribution in [3.05, 3.63) is 59.0 Å². The number of pyridine rings is 1. The van der Waals surface area contributed by atoms with Crippen molar-refractivity contribution < 1.29 is 9.90 Å². The summed E-state index contributed by atoms with van der Waals surface area (Å²) in [4.78, 5) is 21.7. The van der Waals surface area contributed by atoms with E-state index < -0.39 is 5.60 Å². The number of rotatable bonds is 8. The molecule has 2 heterocycles. The summed E-state index contributed by atoms with van der Waals surface area (Å²) in [6.07, 6.45) is 2.92. The van der Waals surface area contributed by atoms with Gasteiger partial charge in [0.05, 0.1) is 5.60 Å². The summed E-state index contributed by atoms with van der Waals surface area (Å²) in [5.74, 6) is 1.03. The maximum atomic E-state index is 12.4. The summed E-state index contributed by atoms with van der Waals surface area (Å²) in [5.41, 5.74) is 1.08. The number of aromatic nitrogens is 3. The zero-order chi connectivity index (χ0) is 21.9. The van der Waals surface area contributed by atoms with Gasteiger partial charge in [-0.1, -0.05) is 41.9 Å². The van der Waals surface area contributed by atoms with Crippen molar-refractivity contribution in [2.75, 3.05) is 0 Å². The monoisotopic (exact) mass is 427 g/mol. The van der Waals surface area contributed by atoms with Crippen LogP contribution in [0.25, 0.3) is 11.2 Å². The summed E-state index contributed by atoms with van der Waals surface area (Å²) in [7, 11) is 0. The highest BCUT2D eigenvalue weighted by molar-refractivity contribution is 6.29. The second kappa shape index (κ2) is 8.86. The van der Waals surface area contributed by atoms with Gasteiger partial charge in [0.15, 0.2) is 5.65 Å². The molecule has 1 atom stereocenters. The Morgan fingerprint density at radius 2 is 1.73 bits per heavy atom. The average molecular weight is 428 g/mol. The lowest BCUT2D eigenvalue weighted by Crippen LogP contribution is -2.25. The number of ketones is 1. The molecule has 0 bridgehead atoms. The molecule has 0 saturated carbocycles. The number of carbonyl (C=O) groups is 1. The normalized spacial score (nSPS) is 14.1. The van der Waals surface area contributed by atoms with E-state index in [-0.39, 0.29) is 17.7 Å². The minimum absolute atomic E-state index is 0.0709. The molecule has 0 aliphatic heterocycles. The van der Waals surface area contributed by atoms with Crippen LogP contribution in [0.15, 0.2) is 42.5 Å². The quantitative estimate of drug-likeness (QED) is 0.385. The first kappa shape index (κ1) is 22.4. The van der Waals surface area contributed by atoms with Crippen molar-refractivity contribution in [2.45, 2.75) is 70.9 Å². The molecule has 1 N–H and O–H groups in total. The molecular formula is C24H30ClN3O2. The molecule has 3 aromatic rings. The highest BCUT2D eigenvalue weighted by Gasteiger charge is 2.26. The van der Waals surface area contributed by atoms with Crippen molar-refractivity contribution in [1.29, 1.82) is 0 Å². The fraction of sp³-hybridized carbons (Fsp3) is 0.458. The van der Waals surface area contributed by atoms with Crippen molar-refractivity contribution in [2.24, 2.45) is 0 Å². The van der Waals surface area contributed by atoms with Crippen LogP contribution in [0.4, 0.5) is 0 Å². The first-order chi connectivity index (χ1) is 14.1. The number of Topliss-reactive ketones (excluding diaryl/α,β-unsaturated/α-hetero) is 1. The van der Waals surface area contributed by atoms with E-state index in [0.29, 0.717) is 11.6 Å². The highest BCUT2D eigenvalue weighted by Crippen LogP contribution is 2.27. The molecular weight excluding hydrogens is 398 g/mol. The first-order valence-corrected chi connectivity index (χ1v) is 10.8. The van der Waals surface area contributed by atoms with Crippen LogP contribution >= 0.6 is 11.6 Å².